The first-order chi connectivity index (χ1) is 21.2. The number of hydrogen-bond donors (Lipinski definition) is 0. The number of benzene rings is 3. The molecule has 4 heteroatoms. The van der Waals surface area contributed by atoms with E-state index < -0.39 is 5.97 Å². The summed E-state index contributed by atoms with van der Waals surface area (Å²) in [4.78, 5) is 11.9. The first-order valence-corrected chi connectivity index (χ1v) is 16.6. The number of carbonyl (C=O) groups excluding carboxylic acids is 1. The Bertz CT molecular complexity index is 1440. The minimum atomic E-state index is -0.419. The Morgan fingerprint density at radius 1 is 0.867 bits per heavy atom. The molecule has 45 heavy (non-hydrogen) atoms. The van der Waals surface area contributed by atoms with Crippen molar-refractivity contribution >= 4 is 5.97 Å². The van der Waals surface area contributed by atoms with Crippen molar-refractivity contribution in [2.75, 3.05) is 0 Å². The fraction of sp³-hybridized carbons (Fsp3) is 0.463. The van der Waals surface area contributed by atoms with Crippen LogP contribution >= 0.6 is 0 Å². The van der Waals surface area contributed by atoms with Gasteiger partial charge in [0, 0.05) is 23.3 Å². The molecule has 0 unspecified atom stereocenters. The van der Waals surface area contributed by atoms with Crippen LogP contribution in [0.5, 0.6) is 5.75 Å². The van der Waals surface area contributed by atoms with Gasteiger partial charge in [-0.1, -0.05) is 24.3 Å². The van der Waals surface area contributed by atoms with Gasteiger partial charge in [0.2, 0.25) is 0 Å². The van der Waals surface area contributed by atoms with Crippen LogP contribution in [0.2, 0.25) is 0 Å². The van der Waals surface area contributed by atoms with Gasteiger partial charge in [0.1, 0.15) is 5.75 Å². The second kappa shape index (κ2) is 17.6. The van der Waals surface area contributed by atoms with Crippen LogP contribution in [0.25, 0.3) is 0 Å². The minimum absolute atomic E-state index is 0. The second-order valence-electron chi connectivity index (χ2n) is 13.2. The third-order valence-corrected chi connectivity index (χ3v) is 10.2. The maximum atomic E-state index is 11.9. The molecule has 2 fully saturated rings. The Labute approximate surface area is 289 Å². The summed E-state index contributed by atoms with van der Waals surface area (Å²) in [5.74, 6) is 3.88. The zero-order valence-corrected chi connectivity index (χ0v) is 30.8. The summed E-state index contributed by atoms with van der Waals surface area (Å²) in [5, 5.41) is 8.99. The fourth-order valence-electron chi connectivity index (χ4n) is 7.30. The Kier molecular flexibility index (Phi) is 14.3. The number of allylic oxidation sites excluding steroid dienone is 2. The molecule has 0 aliphatic heterocycles. The molecule has 1 radical (unpaired) electrons. The molecule has 0 N–H and O–H groups in total. The molecular weight excluding hydrogens is 725 g/mol. The number of esters is 1. The average Bonchev–Trinajstić information content (AvgIpc) is 3.03. The Morgan fingerprint density at radius 3 is 1.91 bits per heavy atom. The molecule has 0 atom stereocenters. The fourth-order valence-corrected chi connectivity index (χ4v) is 7.30. The van der Waals surface area contributed by atoms with Crippen molar-refractivity contribution in [1.82, 2.24) is 0 Å². The number of aryl methyl sites for hydroxylation is 4. The van der Waals surface area contributed by atoms with Gasteiger partial charge in [-0.25, -0.2) is 4.79 Å². The first kappa shape index (κ1) is 36.5. The summed E-state index contributed by atoms with van der Waals surface area (Å²) < 4.78 is 5.30. The molecule has 3 nitrogen and oxygen atoms in total. The quantitative estimate of drug-likeness (QED) is 0.108. The maximum absolute atomic E-state index is 11.9. The summed E-state index contributed by atoms with van der Waals surface area (Å²) in [5.41, 5.74) is 8.75. The van der Waals surface area contributed by atoms with E-state index in [-0.39, 0.29) is 23.3 Å². The van der Waals surface area contributed by atoms with E-state index >= 15 is 0 Å². The minimum Gasteiger partial charge on any atom is -0.424 e. The van der Waals surface area contributed by atoms with Crippen molar-refractivity contribution in [3.05, 3.63) is 111 Å². The van der Waals surface area contributed by atoms with Crippen molar-refractivity contribution in [2.45, 2.75) is 105 Å². The molecule has 0 bridgehead atoms. The van der Waals surface area contributed by atoms with Gasteiger partial charge in [-0.15, -0.1) is 0 Å². The van der Waals surface area contributed by atoms with Crippen LogP contribution in [0.3, 0.4) is 0 Å². The number of hydrogen-bond acceptors (Lipinski definition) is 3. The summed E-state index contributed by atoms with van der Waals surface area (Å²) in [6, 6.07) is 19.9. The van der Waals surface area contributed by atoms with Gasteiger partial charge in [-0.05, 0) is 174 Å². The monoisotopic (exact) mass is 779 g/mol. The van der Waals surface area contributed by atoms with Crippen LogP contribution in [-0.4, -0.2) is 5.97 Å². The van der Waals surface area contributed by atoms with Crippen molar-refractivity contribution in [1.29, 1.82) is 5.26 Å². The van der Waals surface area contributed by atoms with E-state index in [9.17, 15) is 4.79 Å². The van der Waals surface area contributed by atoms with E-state index in [1.54, 1.807) is 42.0 Å². The van der Waals surface area contributed by atoms with E-state index in [0.29, 0.717) is 16.9 Å². The Morgan fingerprint density at radius 2 is 1.40 bits per heavy atom. The Balaban J connectivity index is 0.000000456. The van der Waals surface area contributed by atoms with Crippen molar-refractivity contribution in [3.8, 4) is 11.8 Å². The molecule has 0 amide bonds. The molecule has 2 aliphatic carbocycles. The van der Waals surface area contributed by atoms with Crippen molar-refractivity contribution in [2.24, 2.45) is 17.8 Å². The number of carbonyl (C=O) groups is 1. The van der Waals surface area contributed by atoms with E-state index in [2.05, 4.69) is 64.1 Å². The average molecular weight is 779 g/mol. The summed E-state index contributed by atoms with van der Waals surface area (Å²) in [7, 11) is 0. The van der Waals surface area contributed by atoms with Crippen molar-refractivity contribution in [3.63, 3.8) is 0 Å². The molecule has 0 spiro atoms. The molecule has 0 aromatic heterocycles. The van der Waals surface area contributed by atoms with Crippen LogP contribution in [0.4, 0.5) is 0 Å². The summed E-state index contributed by atoms with van der Waals surface area (Å²) in [6.07, 6.45) is 17.7. The van der Waals surface area contributed by atoms with Crippen LogP contribution in [0, 0.1) is 69.8 Å². The third kappa shape index (κ3) is 10.0. The molecule has 3 aromatic rings. The van der Waals surface area contributed by atoms with Gasteiger partial charge in [0.25, 0.3) is 0 Å². The molecular formula is C41H54NO2Re-. The summed E-state index contributed by atoms with van der Waals surface area (Å²) in [6.45, 7) is 12.6. The Hall–Kier alpha value is -2.98. The number of ether oxygens (including phenoxy) is 1. The predicted molar refractivity (Wildman–Crippen MR) is 185 cm³/mol. The van der Waals surface area contributed by atoms with E-state index in [1.807, 2.05) is 13.8 Å². The van der Waals surface area contributed by atoms with Gasteiger partial charge in [-0.3, -0.25) is 0 Å². The molecule has 0 saturated heterocycles. The smallest absolute Gasteiger partial charge is 0.318 e. The zero-order chi connectivity index (χ0) is 31.6. The van der Waals surface area contributed by atoms with Crippen LogP contribution in [-0.2, 0) is 20.4 Å². The van der Waals surface area contributed by atoms with Crippen LogP contribution in [0.1, 0.15) is 123 Å². The van der Waals surface area contributed by atoms with Crippen molar-refractivity contribution < 1.29 is 32.8 Å². The third-order valence-electron chi connectivity index (χ3n) is 10.2. The topological polar surface area (TPSA) is 50.1 Å². The zero-order valence-electron chi connectivity index (χ0n) is 28.1. The number of rotatable bonds is 6. The first-order valence-electron chi connectivity index (χ1n) is 16.6. The molecule has 243 valence electrons. The normalized spacial score (nSPS) is 21.2. The standard InChI is InChI=1S/C25H38.C16H12NO2.Re.2H2/c1-5-6-7-21-8-10-22(11-9-21)23-12-14-24(15-13-23)25-16-18(2)20(4)19(3)17-25;1-11-8-14(9-12(2)15(11)10-17)19-16(18)13-6-4-3-5-7-13;;;/h5-6,16-17,21-24H,7-15H2,1-4H3;4-9H,1-2H3;;2*1H/q;-1;;;/b6-5+;;;;. The molecule has 5 rings (SSSR count). The van der Waals surface area contributed by atoms with Gasteiger partial charge >= 0.3 is 5.97 Å². The predicted octanol–water partition coefficient (Wildman–Crippen LogP) is 11.3. The maximum Gasteiger partial charge on any atom is 0.318 e. The van der Waals surface area contributed by atoms with Gasteiger partial charge < -0.3 is 4.74 Å². The summed E-state index contributed by atoms with van der Waals surface area (Å²) >= 11 is 0. The SMILES string of the molecule is C/C=C/CC1CCC(C2CCC(c3cc(C)c(C)c(C)c3)CC2)CC1.Cc1cc(OC(=O)c2cc[c-]cc2)cc(C)c1C#N.[HH].[HH].[Re]. The van der Waals surface area contributed by atoms with Gasteiger partial charge in [-0.2, -0.15) is 35.6 Å². The molecule has 3 aromatic carbocycles. The molecule has 0 heterocycles. The largest absolute Gasteiger partial charge is 0.424 e. The van der Waals surface area contributed by atoms with Gasteiger partial charge in [0.15, 0.2) is 0 Å². The van der Waals surface area contributed by atoms with E-state index in [1.165, 1.54) is 74.5 Å². The number of nitriles is 1. The van der Waals surface area contributed by atoms with Crippen LogP contribution in [0.15, 0.2) is 60.7 Å². The van der Waals surface area contributed by atoms with Gasteiger partial charge in [0.05, 0.1) is 11.6 Å². The second-order valence-corrected chi connectivity index (χ2v) is 13.2. The molecule has 2 saturated carbocycles. The molecule has 2 aliphatic rings. The van der Waals surface area contributed by atoms with Crippen LogP contribution < -0.4 is 4.74 Å². The van der Waals surface area contributed by atoms with E-state index in [4.69, 9.17) is 10.00 Å². The van der Waals surface area contributed by atoms with E-state index in [0.717, 1.165) is 34.8 Å². The number of nitrogens with zero attached hydrogens (tertiary/aromatic N) is 1.